The van der Waals surface area contributed by atoms with E-state index in [1.807, 2.05) is 37.3 Å². The molecule has 98 valence electrons. The third kappa shape index (κ3) is 3.57. The second kappa shape index (κ2) is 6.55. The van der Waals surface area contributed by atoms with Crippen molar-refractivity contribution in [2.24, 2.45) is 0 Å². The van der Waals surface area contributed by atoms with E-state index >= 15 is 0 Å². The molecule has 0 aliphatic carbocycles. The lowest BCUT2D eigenvalue weighted by atomic mass is 10.1. The van der Waals surface area contributed by atoms with Crippen molar-refractivity contribution in [1.29, 1.82) is 0 Å². The molecule has 1 heterocycles. The minimum Gasteiger partial charge on any atom is -0.348 e. The lowest BCUT2D eigenvalue weighted by molar-refractivity contribution is -0.123. The third-order valence-corrected chi connectivity index (χ3v) is 3.54. The zero-order chi connectivity index (χ0) is 12.8. The van der Waals surface area contributed by atoms with E-state index in [0.29, 0.717) is 0 Å². The van der Waals surface area contributed by atoms with E-state index in [-0.39, 0.29) is 18.0 Å². The smallest absolute Gasteiger partial charge is 0.237 e. The molecule has 18 heavy (non-hydrogen) atoms. The molecule has 0 aromatic heterocycles. The average Bonchev–Trinajstić information content (AvgIpc) is 2.68. The van der Waals surface area contributed by atoms with Gasteiger partial charge in [-0.2, -0.15) is 0 Å². The van der Waals surface area contributed by atoms with Gasteiger partial charge in [-0.15, -0.1) is 0 Å². The van der Waals surface area contributed by atoms with E-state index in [1.165, 1.54) is 12.8 Å². The number of benzene rings is 1. The Morgan fingerprint density at radius 2 is 2.06 bits per heavy atom. The van der Waals surface area contributed by atoms with Crippen molar-refractivity contribution in [2.75, 3.05) is 6.54 Å². The van der Waals surface area contributed by atoms with Gasteiger partial charge in [0.1, 0.15) is 0 Å². The number of hydrogen-bond donors (Lipinski definition) is 2. The van der Waals surface area contributed by atoms with Gasteiger partial charge in [0, 0.05) is 0 Å². The van der Waals surface area contributed by atoms with Gasteiger partial charge in [-0.05, 0) is 31.9 Å². The molecule has 1 aliphatic rings. The highest BCUT2D eigenvalue weighted by atomic mass is 16.2. The van der Waals surface area contributed by atoms with Crippen LogP contribution >= 0.6 is 0 Å². The number of nitrogens with one attached hydrogen (secondary N) is 2. The Balaban J connectivity index is 1.90. The Labute approximate surface area is 109 Å². The molecule has 2 rings (SSSR count). The van der Waals surface area contributed by atoms with Gasteiger partial charge in [0.15, 0.2) is 0 Å². The summed E-state index contributed by atoms with van der Waals surface area (Å²) in [4.78, 5) is 12.2. The van der Waals surface area contributed by atoms with E-state index in [2.05, 4.69) is 10.6 Å². The number of hydrogen-bond acceptors (Lipinski definition) is 2. The van der Waals surface area contributed by atoms with Crippen LogP contribution in [0.2, 0.25) is 0 Å². The normalized spacial score (nSPS) is 21.9. The monoisotopic (exact) mass is 246 g/mol. The highest BCUT2D eigenvalue weighted by Gasteiger charge is 2.20. The Morgan fingerprint density at radius 3 is 2.83 bits per heavy atom. The molecule has 1 fully saturated rings. The molecule has 1 amide bonds. The first kappa shape index (κ1) is 13.1. The Morgan fingerprint density at radius 1 is 1.28 bits per heavy atom. The highest BCUT2D eigenvalue weighted by molar-refractivity contribution is 5.82. The predicted octanol–water partition coefficient (Wildman–Crippen LogP) is 2.40. The summed E-state index contributed by atoms with van der Waals surface area (Å²) in [5.74, 6) is 0.133. The van der Waals surface area contributed by atoms with Gasteiger partial charge in [-0.25, -0.2) is 0 Å². The highest BCUT2D eigenvalue weighted by Crippen LogP contribution is 2.13. The van der Waals surface area contributed by atoms with E-state index < -0.39 is 0 Å². The quantitative estimate of drug-likeness (QED) is 0.860. The van der Waals surface area contributed by atoms with Gasteiger partial charge >= 0.3 is 0 Å². The van der Waals surface area contributed by atoms with Gasteiger partial charge < -0.3 is 10.6 Å². The van der Waals surface area contributed by atoms with Crippen LogP contribution in [0.15, 0.2) is 30.3 Å². The van der Waals surface area contributed by atoms with Crippen molar-refractivity contribution < 1.29 is 4.79 Å². The van der Waals surface area contributed by atoms with Gasteiger partial charge in [0.25, 0.3) is 0 Å². The van der Waals surface area contributed by atoms with Gasteiger partial charge in [-0.3, -0.25) is 4.79 Å². The maximum atomic E-state index is 12.2. The summed E-state index contributed by atoms with van der Waals surface area (Å²) < 4.78 is 0. The van der Waals surface area contributed by atoms with Crippen molar-refractivity contribution >= 4 is 5.91 Å². The first-order chi connectivity index (χ1) is 8.77. The van der Waals surface area contributed by atoms with Crippen molar-refractivity contribution in [2.45, 2.75) is 44.7 Å². The molecule has 2 N–H and O–H groups in total. The first-order valence-corrected chi connectivity index (χ1v) is 6.86. The minimum atomic E-state index is -0.0151. The van der Waals surface area contributed by atoms with Crippen molar-refractivity contribution in [3.8, 4) is 0 Å². The first-order valence-electron chi connectivity index (χ1n) is 6.86. The molecular formula is C15H22N2O. The predicted molar refractivity (Wildman–Crippen MR) is 73.3 cm³/mol. The Bertz CT molecular complexity index is 369. The molecule has 1 aromatic carbocycles. The van der Waals surface area contributed by atoms with E-state index in [9.17, 15) is 4.79 Å². The van der Waals surface area contributed by atoms with E-state index in [0.717, 1.165) is 24.9 Å². The molecule has 3 heteroatoms. The van der Waals surface area contributed by atoms with Crippen LogP contribution in [0.1, 0.15) is 44.2 Å². The average molecular weight is 246 g/mol. The van der Waals surface area contributed by atoms with Crippen LogP contribution in [0.3, 0.4) is 0 Å². The summed E-state index contributed by atoms with van der Waals surface area (Å²) in [5.41, 5.74) is 1.15. The number of rotatable bonds is 3. The van der Waals surface area contributed by atoms with E-state index in [4.69, 9.17) is 0 Å². The standard InChI is InChI=1S/C15H22N2O/c1-12(13-8-4-2-5-9-13)17-15(18)14-10-6-3-7-11-16-14/h2,4-5,8-9,12,14,16H,3,6-7,10-11H2,1H3,(H,17,18)/t12-,14?/m0/s1. The van der Waals surface area contributed by atoms with E-state index in [1.54, 1.807) is 0 Å². The van der Waals surface area contributed by atoms with Crippen LogP contribution in [0, 0.1) is 0 Å². The van der Waals surface area contributed by atoms with Gasteiger partial charge in [0.05, 0.1) is 12.1 Å². The SMILES string of the molecule is C[C@H](NC(=O)C1CCCCCN1)c1ccccc1. The maximum absolute atomic E-state index is 12.2. The van der Waals surface area contributed by atoms with Crippen molar-refractivity contribution in [1.82, 2.24) is 10.6 Å². The second-order valence-corrected chi connectivity index (χ2v) is 5.00. The van der Waals surface area contributed by atoms with Crippen molar-refractivity contribution in [3.63, 3.8) is 0 Å². The fourth-order valence-electron chi connectivity index (χ4n) is 2.39. The largest absolute Gasteiger partial charge is 0.348 e. The lowest BCUT2D eigenvalue weighted by Crippen LogP contribution is -2.44. The molecule has 1 saturated heterocycles. The minimum absolute atomic E-state index is 0.0151. The Kier molecular flexibility index (Phi) is 4.76. The molecule has 0 saturated carbocycles. The zero-order valence-corrected chi connectivity index (χ0v) is 11.0. The molecule has 1 unspecified atom stereocenters. The molecule has 0 bridgehead atoms. The molecule has 0 spiro atoms. The van der Waals surface area contributed by atoms with Crippen LogP contribution in [-0.4, -0.2) is 18.5 Å². The molecule has 2 atom stereocenters. The maximum Gasteiger partial charge on any atom is 0.237 e. The van der Waals surface area contributed by atoms with Crippen LogP contribution < -0.4 is 10.6 Å². The fraction of sp³-hybridized carbons (Fsp3) is 0.533. The third-order valence-electron chi connectivity index (χ3n) is 3.54. The van der Waals surface area contributed by atoms with Crippen LogP contribution in [0.25, 0.3) is 0 Å². The molecule has 0 radical (unpaired) electrons. The summed E-state index contributed by atoms with van der Waals surface area (Å²) in [7, 11) is 0. The van der Waals surface area contributed by atoms with Crippen LogP contribution in [0.4, 0.5) is 0 Å². The molecule has 1 aromatic rings. The molecular weight excluding hydrogens is 224 g/mol. The van der Waals surface area contributed by atoms with Gasteiger partial charge in [-0.1, -0.05) is 43.2 Å². The zero-order valence-electron chi connectivity index (χ0n) is 11.0. The Hall–Kier alpha value is -1.35. The summed E-state index contributed by atoms with van der Waals surface area (Å²) in [6, 6.07) is 10.1. The summed E-state index contributed by atoms with van der Waals surface area (Å²) in [6.45, 7) is 2.99. The number of amides is 1. The molecule has 1 aliphatic heterocycles. The van der Waals surface area contributed by atoms with Crippen LogP contribution in [-0.2, 0) is 4.79 Å². The summed E-state index contributed by atoms with van der Waals surface area (Å²) in [5, 5.41) is 6.42. The number of carbonyl (C=O) groups excluding carboxylic acids is 1. The summed E-state index contributed by atoms with van der Waals surface area (Å²) in [6.07, 6.45) is 4.50. The lowest BCUT2D eigenvalue weighted by Gasteiger charge is -2.20. The second-order valence-electron chi connectivity index (χ2n) is 5.00. The fourth-order valence-corrected chi connectivity index (χ4v) is 2.39. The topological polar surface area (TPSA) is 41.1 Å². The van der Waals surface area contributed by atoms with Gasteiger partial charge in [0.2, 0.25) is 5.91 Å². The van der Waals surface area contributed by atoms with Crippen LogP contribution in [0.5, 0.6) is 0 Å². The summed E-state index contributed by atoms with van der Waals surface area (Å²) >= 11 is 0. The molecule has 3 nitrogen and oxygen atoms in total. The van der Waals surface area contributed by atoms with Crippen molar-refractivity contribution in [3.05, 3.63) is 35.9 Å². The number of carbonyl (C=O) groups is 1.